The highest BCUT2D eigenvalue weighted by atomic mass is 16.7. The molecule has 0 aromatic heterocycles. The highest BCUT2D eigenvalue weighted by Crippen LogP contribution is 2.22. The first-order chi connectivity index (χ1) is 8.19. The highest BCUT2D eigenvalue weighted by molar-refractivity contribution is 5.66. The van der Waals surface area contributed by atoms with Gasteiger partial charge in [0, 0.05) is 0 Å². The van der Waals surface area contributed by atoms with Gasteiger partial charge < -0.3 is 9.47 Å². The van der Waals surface area contributed by atoms with Crippen LogP contribution in [0, 0.1) is 6.92 Å². The predicted molar refractivity (Wildman–Crippen MR) is 68.2 cm³/mol. The summed E-state index contributed by atoms with van der Waals surface area (Å²) in [4.78, 5) is 11.4. The molecule has 0 unspecified atom stereocenters. The first-order valence-corrected chi connectivity index (χ1v) is 5.75. The molecule has 0 saturated heterocycles. The molecule has 0 spiro atoms. The van der Waals surface area contributed by atoms with E-state index in [1.54, 1.807) is 12.1 Å². The van der Waals surface area contributed by atoms with E-state index in [2.05, 4.69) is 6.58 Å². The summed E-state index contributed by atoms with van der Waals surface area (Å²) in [6.45, 7) is 8.01. The number of carbonyl (C=O) groups excluding carboxylic acids is 1. The van der Waals surface area contributed by atoms with Crippen LogP contribution in [0.4, 0.5) is 4.79 Å². The Labute approximate surface area is 102 Å². The molecule has 0 heterocycles. The van der Waals surface area contributed by atoms with E-state index in [0.29, 0.717) is 12.4 Å². The van der Waals surface area contributed by atoms with Crippen molar-refractivity contribution in [1.29, 1.82) is 0 Å². The van der Waals surface area contributed by atoms with E-state index in [9.17, 15) is 4.79 Å². The van der Waals surface area contributed by atoms with E-state index >= 15 is 0 Å². The molecule has 0 aliphatic heterocycles. The van der Waals surface area contributed by atoms with Crippen molar-refractivity contribution < 1.29 is 14.3 Å². The zero-order chi connectivity index (χ0) is 12.7. The summed E-state index contributed by atoms with van der Waals surface area (Å²) in [6.07, 6.45) is 2.91. The maximum absolute atomic E-state index is 11.4. The van der Waals surface area contributed by atoms with Crippen LogP contribution in [0.25, 0.3) is 6.08 Å². The third-order valence-corrected chi connectivity index (χ3v) is 2.46. The van der Waals surface area contributed by atoms with Crippen molar-refractivity contribution in [2.24, 2.45) is 0 Å². The van der Waals surface area contributed by atoms with E-state index in [0.717, 1.165) is 24.0 Å². The Hall–Kier alpha value is -1.77. The third kappa shape index (κ3) is 3.94. The van der Waals surface area contributed by atoms with Crippen LogP contribution in [0.3, 0.4) is 0 Å². The van der Waals surface area contributed by atoms with Crippen LogP contribution in [0.1, 0.15) is 30.9 Å². The van der Waals surface area contributed by atoms with Crippen LogP contribution >= 0.6 is 0 Å². The number of ether oxygens (including phenoxy) is 2. The largest absolute Gasteiger partial charge is 0.513 e. The van der Waals surface area contributed by atoms with E-state index in [1.807, 2.05) is 26.0 Å². The van der Waals surface area contributed by atoms with Gasteiger partial charge in [0.1, 0.15) is 5.75 Å². The Kier molecular flexibility index (Phi) is 5.27. The lowest BCUT2D eigenvalue weighted by molar-refractivity contribution is 0.0976. The van der Waals surface area contributed by atoms with Gasteiger partial charge in [0.2, 0.25) is 0 Å². The Bertz CT molecular complexity index is 396. The fourth-order valence-electron chi connectivity index (χ4n) is 1.38. The standard InChI is InChI=1S/C14H18O3/c1-4-6-10-16-14(15)17-13-9-7-8-12(5-2)11(13)3/h5,7-9H,2,4,6,10H2,1,3H3. The number of hydrogen-bond donors (Lipinski definition) is 0. The molecule has 92 valence electrons. The summed E-state index contributed by atoms with van der Waals surface area (Å²) >= 11 is 0. The zero-order valence-electron chi connectivity index (χ0n) is 10.4. The van der Waals surface area contributed by atoms with Gasteiger partial charge in [-0.05, 0) is 30.5 Å². The lowest BCUT2D eigenvalue weighted by Crippen LogP contribution is -2.12. The number of rotatable bonds is 5. The Morgan fingerprint density at radius 3 is 2.88 bits per heavy atom. The van der Waals surface area contributed by atoms with Crippen molar-refractivity contribution in [3.63, 3.8) is 0 Å². The summed E-state index contributed by atoms with van der Waals surface area (Å²) in [5, 5.41) is 0. The SMILES string of the molecule is C=Cc1cccc(OC(=O)OCCCC)c1C. The summed E-state index contributed by atoms with van der Waals surface area (Å²) in [6, 6.07) is 5.47. The smallest absolute Gasteiger partial charge is 0.434 e. The number of benzene rings is 1. The topological polar surface area (TPSA) is 35.5 Å². The number of unbranched alkanes of at least 4 members (excludes halogenated alkanes) is 1. The second kappa shape index (κ2) is 6.74. The number of hydrogen-bond acceptors (Lipinski definition) is 3. The molecule has 0 saturated carbocycles. The van der Waals surface area contributed by atoms with E-state index in [-0.39, 0.29) is 0 Å². The van der Waals surface area contributed by atoms with Crippen molar-refractivity contribution in [3.05, 3.63) is 35.9 Å². The third-order valence-electron chi connectivity index (χ3n) is 2.46. The molecule has 1 aromatic carbocycles. The fourth-order valence-corrected chi connectivity index (χ4v) is 1.38. The Balaban J connectivity index is 2.62. The number of carbonyl (C=O) groups is 1. The Morgan fingerprint density at radius 1 is 1.47 bits per heavy atom. The molecular formula is C14H18O3. The predicted octanol–water partition coefficient (Wildman–Crippen LogP) is 3.95. The van der Waals surface area contributed by atoms with Crippen molar-refractivity contribution in [3.8, 4) is 5.75 Å². The van der Waals surface area contributed by atoms with E-state index in [4.69, 9.17) is 9.47 Å². The monoisotopic (exact) mass is 234 g/mol. The molecule has 0 aliphatic carbocycles. The zero-order valence-corrected chi connectivity index (χ0v) is 10.4. The van der Waals surface area contributed by atoms with Crippen LogP contribution in [0.2, 0.25) is 0 Å². The molecule has 0 bridgehead atoms. The molecule has 1 rings (SSSR count). The summed E-state index contributed by atoms with van der Waals surface area (Å²) < 4.78 is 10.1. The van der Waals surface area contributed by atoms with Gasteiger partial charge in [0.05, 0.1) is 6.61 Å². The molecule has 0 amide bonds. The maximum Gasteiger partial charge on any atom is 0.513 e. The van der Waals surface area contributed by atoms with Gasteiger partial charge in [0.25, 0.3) is 0 Å². The van der Waals surface area contributed by atoms with Crippen LogP contribution in [0.15, 0.2) is 24.8 Å². The van der Waals surface area contributed by atoms with Gasteiger partial charge in [-0.3, -0.25) is 0 Å². The van der Waals surface area contributed by atoms with Gasteiger partial charge in [-0.25, -0.2) is 4.79 Å². The average Bonchev–Trinajstić information content (AvgIpc) is 2.32. The quantitative estimate of drug-likeness (QED) is 0.439. The fraction of sp³-hybridized carbons (Fsp3) is 0.357. The molecule has 3 nitrogen and oxygen atoms in total. The summed E-state index contributed by atoms with van der Waals surface area (Å²) in [5.41, 5.74) is 1.83. The van der Waals surface area contributed by atoms with Gasteiger partial charge in [0.15, 0.2) is 0 Å². The van der Waals surface area contributed by atoms with Gasteiger partial charge in [-0.2, -0.15) is 0 Å². The van der Waals surface area contributed by atoms with Crippen LogP contribution in [0.5, 0.6) is 5.75 Å². The lowest BCUT2D eigenvalue weighted by atomic mass is 10.1. The molecule has 0 N–H and O–H groups in total. The van der Waals surface area contributed by atoms with E-state index < -0.39 is 6.16 Å². The molecule has 1 aromatic rings. The van der Waals surface area contributed by atoms with Gasteiger partial charge >= 0.3 is 6.16 Å². The van der Waals surface area contributed by atoms with Crippen molar-refractivity contribution in [2.75, 3.05) is 6.61 Å². The second-order valence-electron chi connectivity index (χ2n) is 3.73. The first-order valence-electron chi connectivity index (χ1n) is 5.75. The first kappa shape index (κ1) is 13.3. The van der Waals surface area contributed by atoms with Gasteiger partial charge in [-0.15, -0.1) is 0 Å². The summed E-state index contributed by atoms with van der Waals surface area (Å²) in [7, 11) is 0. The van der Waals surface area contributed by atoms with Crippen LogP contribution < -0.4 is 4.74 Å². The van der Waals surface area contributed by atoms with Crippen LogP contribution in [-0.4, -0.2) is 12.8 Å². The molecule has 3 heteroatoms. The molecule has 17 heavy (non-hydrogen) atoms. The van der Waals surface area contributed by atoms with Gasteiger partial charge in [-0.1, -0.05) is 38.1 Å². The van der Waals surface area contributed by atoms with Crippen molar-refractivity contribution in [1.82, 2.24) is 0 Å². The normalized spacial score (nSPS) is 9.76. The molecular weight excluding hydrogens is 216 g/mol. The molecule has 0 fully saturated rings. The average molecular weight is 234 g/mol. The lowest BCUT2D eigenvalue weighted by Gasteiger charge is -2.09. The van der Waals surface area contributed by atoms with Crippen LogP contribution in [-0.2, 0) is 4.74 Å². The molecule has 0 aliphatic rings. The minimum atomic E-state index is -0.650. The Morgan fingerprint density at radius 2 is 2.24 bits per heavy atom. The summed E-state index contributed by atoms with van der Waals surface area (Å²) in [5.74, 6) is 0.517. The highest BCUT2D eigenvalue weighted by Gasteiger charge is 2.09. The molecule has 0 atom stereocenters. The van der Waals surface area contributed by atoms with Crippen molar-refractivity contribution in [2.45, 2.75) is 26.7 Å². The molecule has 0 radical (unpaired) electrons. The van der Waals surface area contributed by atoms with Crippen molar-refractivity contribution >= 4 is 12.2 Å². The minimum Gasteiger partial charge on any atom is -0.434 e. The van der Waals surface area contributed by atoms with E-state index in [1.165, 1.54) is 0 Å². The minimum absolute atomic E-state index is 0.398. The maximum atomic E-state index is 11.4. The second-order valence-corrected chi connectivity index (χ2v) is 3.73.